The average molecular weight is 315 g/mol. The van der Waals surface area contributed by atoms with Gasteiger partial charge in [0.15, 0.2) is 5.75 Å². The summed E-state index contributed by atoms with van der Waals surface area (Å²) in [6.07, 6.45) is 3.25. The largest absolute Gasteiger partial charge is 0.505 e. The van der Waals surface area contributed by atoms with Crippen LogP contribution in [-0.2, 0) is 0 Å². The molecule has 3 heterocycles. The van der Waals surface area contributed by atoms with Gasteiger partial charge in [-0.3, -0.25) is 14.6 Å². The minimum atomic E-state index is -0.613. The Morgan fingerprint density at radius 2 is 2.09 bits per heavy atom. The Kier molecular flexibility index (Phi) is 3.64. The van der Waals surface area contributed by atoms with Gasteiger partial charge in [-0.15, -0.1) is 11.3 Å². The molecule has 3 N–H and O–H groups in total. The molecule has 0 saturated heterocycles. The lowest BCUT2D eigenvalue weighted by molar-refractivity contribution is 0.0936. The number of amides is 1. The van der Waals surface area contributed by atoms with Crippen LogP contribution < -0.4 is 10.9 Å². The summed E-state index contributed by atoms with van der Waals surface area (Å²) in [7, 11) is 0. The summed E-state index contributed by atoms with van der Waals surface area (Å²) in [5.41, 5.74) is 0.501. The first kappa shape index (κ1) is 14.3. The molecular weight excluding hydrogens is 302 g/mol. The summed E-state index contributed by atoms with van der Waals surface area (Å²) in [4.78, 5) is 30.9. The maximum atomic E-state index is 12.3. The molecule has 0 aliphatic heterocycles. The smallest absolute Gasteiger partial charge is 0.265 e. The summed E-state index contributed by atoms with van der Waals surface area (Å²) in [6, 6.07) is 4.92. The summed E-state index contributed by atoms with van der Waals surface area (Å²) < 4.78 is 0.487. The van der Waals surface area contributed by atoms with Crippen LogP contribution in [0.5, 0.6) is 5.75 Å². The number of rotatable bonds is 3. The van der Waals surface area contributed by atoms with Crippen LogP contribution in [0.4, 0.5) is 0 Å². The van der Waals surface area contributed by atoms with Gasteiger partial charge in [-0.2, -0.15) is 0 Å². The van der Waals surface area contributed by atoms with Gasteiger partial charge in [0.1, 0.15) is 5.56 Å². The monoisotopic (exact) mass is 315 g/mol. The molecule has 3 aromatic heterocycles. The first-order valence-corrected chi connectivity index (χ1v) is 7.49. The number of pyridine rings is 2. The highest BCUT2D eigenvalue weighted by molar-refractivity contribution is 7.17. The van der Waals surface area contributed by atoms with E-state index >= 15 is 0 Å². The number of H-pyrrole nitrogens is 1. The zero-order valence-corrected chi connectivity index (χ0v) is 12.5. The van der Waals surface area contributed by atoms with Crippen LogP contribution in [0.3, 0.4) is 0 Å². The first-order valence-electron chi connectivity index (χ1n) is 6.61. The van der Waals surface area contributed by atoms with E-state index in [4.69, 9.17) is 0 Å². The van der Waals surface area contributed by atoms with Crippen LogP contribution >= 0.6 is 11.3 Å². The molecule has 1 amide bonds. The van der Waals surface area contributed by atoms with E-state index in [2.05, 4.69) is 15.3 Å². The topological polar surface area (TPSA) is 95.1 Å². The van der Waals surface area contributed by atoms with Gasteiger partial charge in [0.05, 0.1) is 16.3 Å². The van der Waals surface area contributed by atoms with Crippen molar-refractivity contribution in [3.63, 3.8) is 0 Å². The molecule has 0 fully saturated rings. The Morgan fingerprint density at radius 1 is 1.36 bits per heavy atom. The molecule has 0 radical (unpaired) electrons. The zero-order valence-electron chi connectivity index (χ0n) is 11.7. The average Bonchev–Trinajstić information content (AvgIpc) is 2.96. The molecule has 0 aromatic carbocycles. The molecular formula is C15H13N3O3S. The fourth-order valence-corrected chi connectivity index (χ4v) is 3.01. The van der Waals surface area contributed by atoms with E-state index in [1.54, 1.807) is 42.9 Å². The number of thiophene rings is 1. The SMILES string of the molecule is C[C@H](NC(=O)c1c(O)c2sccc2[nH]c1=O)c1ccncc1. The van der Waals surface area contributed by atoms with E-state index in [0.29, 0.717) is 10.2 Å². The van der Waals surface area contributed by atoms with Crippen molar-refractivity contribution in [3.8, 4) is 5.75 Å². The van der Waals surface area contributed by atoms with Crippen molar-refractivity contribution >= 4 is 27.5 Å². The lowest BCUT2D eigenvalue weighted by atomic mass is 10.1. The van der Waals surface area contributed by atoms with Gasteiger partial charge in [0, 0.05) is 12.4 Å². The Morgan fingerprint density at radius 3 is 2.82 bits per heavy atom. The molecule has 6 nitrogen and oxygen atoms in total. The third-order valence-corrected chi connectivity index (χ3v) is 4.29. The van der Waals surface area contributed by atoms with Gasteiger partial charge in [0.2, 0.25) is 0 Å². The lowest BCUT2D eigenvalue weighted by Gasteiger charge is -2.14. The lowest BCUT2D eigenvalue weighted by Crippen LogP contribution is -2.31. The number of nitrogens with zero attached hydrogens (tertiary/aromatic N) is 1. The maximum absolute atomic E-state index is 12.3. The van der Waals surface area contributed by atoms with Crippen LogP contribution in [0, 0.1) is 0 Å². The predicted molar refractivity (Wildman–Crippen MR) is 84.2 cm³/mol. The van der Waals surface area contributed by atoms with E-state index in [9.17, 15) is 14.7 Å². The Hall–Kier alpha value is -2.67. The van der Waals surface area contributed by atoms with Crippen molar-refractivity contribution in [2.24, 2.45) is 0 Å². The van der Waals surface area contributed by atoms with Crippen molar-refractivity contribution in [2.75, 3.05) is 0 Å². The molecule has 22 heavy (non-hydrogen) atoms. The molecule has 3 aromatic rings. The van der Waals surface area contributed by atoms with Gasteiger partial charge in [-0.05, 0) is 36.1 Å². The fraction of sp³-hybridized carbons (Fsp3) is 0.133. The number of fused-ring (bicyclic) bond motifs is 1. The molecule has 3 rings (SSSR count). The molecule has 0 saturated carbocycles. The van der Waals surface area contributed by atoms with E-state index in [1.807, 2.05) is 0 Å². The van der Waals surface area contributed by atoms with Crippen molar-refractivity contribution in [2.45, 2.75) is 13.0 Å². The van der Waals surface area contributed by atoms with Gasteiger partial charge < -0.3 is 15.4 Å². The highest BCUT2D eigenvalue weighted by Crippen LogP contribution is 2.29. The molecule has 1 atom stereocenters. The highest BCUT2D eigenvalue weighted by atomic mass is 32.1. The van der Waals surface area contributed by atoms with E-state index < -0.39 is 11.5 Å². The standard InChI is InChI=1S/C15H13N3O3S/c1-8(9-2-5-16-6-3-9)17-14(20)11-12(19)13-10(4-7-22-13)18-15(11)21/h2-8H,1H3,(H,17,20)(H2,18,19,21)/t8-/m0/s1. The van der Waals surface area contributed by atoms with Crippen LogP contribution in [0.25, 0.3) is 10.2 Å². The normalized spacial score (nSPS) is 12.2. The molecule has 0 aliphatic rings. The van der Waals surface area contributed by atoms with Crippen molar-refractivity contribution < 1.29 is 9.90 Å². The number of aromatic amines is 1. The second kappa shape index (κ2) is 5.61. The highest BCUT2D eigenvalue weighted by Gasteiger charge is 2.21. The molecule has 0 bridgehead atoms. The number of aromatic nitrogens is 2. The number of hydrogen-bond acceptors (Lipinski definition) is 5. The molecule has 7 heteroatoms. The third-order valence-electron chi connectivity index (χ3n) is 3.37. The van der Waals surface area contributed by atoms with E-state index in [0.717, 1.165) is 5.56 Å². The number of aromatic hydroxyl groups is 1. The number of nitrogens with one attached hydrogen (secondary N) is 2. The van der Waals surface area contributed by atoms with E-state index in [-0.39, 0.29) is 17.4 Å². The number of carbonyl (C=O) groups is 1. The summed E-state index contributed by atoms with van der Waals surface area (Å²) in [5, 5.41) is 14.6. The Labute approximate surface area is 129 Å². The summed E-state index contributed by atoms with van der Waals surface area (Å²) >= 11 is 1.26. The second-order valence-corrected chi connectivity index (χ2v) is 5.73. The maximum Gasteiger partial charge on any atom is 0.265 e. The van der Waals surface area contributed by atoms with Crippen LogP contribution in [0.2, 0.25) is 0 Å². The quantitative estimate of drug-likeness (QED) is 0.690. The van der Waals surface area contributed by atoms with Crippen LogP contribution in [-0.4, -0.2) is 21.0 Å². The molecule has 0 aliphatic carbocycles. The van der Waals surface area contributed by atoms with Crippen LogP contribution in [0.1, 0.15) is 28.9 Å². The fourth-order valence-electron chi connectivity index (χ4n) is 2.21. The number of hydrogen-bond donors (Lipinski definition) is 3. The van der Waals surface area contributed by atoms with Crippen molar-refractivity contribution in [1.82, 2.24) is 15.3 Å². The van der Waals surface area contributed by atoms with Crippen molar-refractivity contribution in [1.29, 1.82) is 0 Å². The third kappa shape index (κ3) is 2.46. The Balaban J connectivity index is 1.94. The molecule has 0 unspecified atom stereocenters. The van der Waals surface area contributed by atoms with Gasteiger partial charge in [0.25, 0.3) is 11.5 Å². The van der Waals surface area contributed by atoms with Gasteiger partial charge >= 0.3 is 0 Å². The minimum Gasteiger partial charge on any atom is -0.505 e. The van der Waals surface area contributed by atoms with Crippen molar-refractivity contribution in [3.05, 3.63) is 57.5 Å². The zero-order chi connectivity index (χ0) is 15.7. The van der Waals surface area contributed by atoms with Gasteiger partial charge in [-0.25, -0.2) is 0 Å². The van der Waals surface area contributed by atoms with Gasteiger partial charge in [-0.1, -0.05) is 0 Å². The Bertz CT molecular complexity index is 886. The second-order valence-electron chi connectivity index (χ2n) is 4.82. The number of carbonyl (C=O) groups excluding carboxylic acids is 1. The summed E-state index contributed by atoms with van der Waals surface area (Å²) in [6.45, 7) is 1.79. The van der Waals surface area contributed by atoms with Crippen LogP contribution in [0.15, 0.2) is 40.8 Å². The summed E-state index contributed by atoms with van der Waals surface area (Å²) in [5.74, 6) is -0.897. The minimum absolute atomic E-state index is 0.268. The molecule has 0 spiro atoms. The predicted octanol–water partition coefficient (Wildman–Crippen LogP) is 2.18. The first-order chi connectivity index (χ1) is 10.6. The van der Waals surface area contributed by atoms with E-state index in [1.165, 1.54) is 11.3 Å². The molecule has 112 valence electrons.